The van der Waals surface area contributed by atoms with Crippen molar-refractivity contribution in [1.29, 1.82) is 0 Å². The lowest BCUT2D eigenvalue weighted by atomic mass is 9.74. The van der Waals surface area contributed by atoms with Crippen LogP contribution in [0.4, 0.5) is 0 Å². The number of hydrogen-bond donors (Lipinski definition) is 0. The molecule has 2 aliphatic heterocycles. The lowest BCUT2D eigenvalue weighted by Crippen LogP contribution is -2.43. The Morgan fingerprint density at radius 2 is 2.29 bits per heavy atom. The smallest absolute Gasteiger partial charge is 0.198 e. The largest absolute Gasteiger partial charge is 0.368 e. The SMILES string of the molecule is [c]1nccc(C23CCC(CC2)CO3)n1. The van der Waals surface area contributed by atoms with Gasteiger partial charge in [-0.15, -0.1) is 0 Å². The Bertz CT molecular complexity index is 304. The highest BCUT2D eigenvalue weighted by Gasteiger charge is 2.43. The fraction of sp³-hybridized carbons (Fsp3) is 0.636. The van der Waals surface area contributed by atoms with Gasteiger partial charge in [0, 0.05) is 6.20 Å². The monoisotopic (exact) mass is 189 g/mol. The van der Waals surface area contributed by atoms with Crippen LogP contribution in [0.25, 0.3) is 0 Å². The van der Waals surface area contributed by atoms with E-state index >= 15 is 0 Å². The third-order valence-corrected chi connectivity index (χ3v) is 3.51. The first-order valence-corrected chi connectivity index (χ1v) is 5.23. The first kappa shape index (κ1) is 8.36. The molecule has 1 aromatic rings. The second-order valence-corrected chi connectivity index (χ2v) is 4.29. The number of rotatable bonds is 1. The van der Waals surface area contributed by atoms with Crippen molar-refractivity contribution in [3.8, 4) is 0 Å². The lowest BCUT2D eigenvalue weighted by Gasteiger charge is -2.45. The van der Waals surface area contributed by atoms with Gasteiger partial charge in [-0.05, 0) is 37.7 Å². The van der Waals surface area contributed by atoms with E-state index in [1.165, 1.54) is 12.8 Å². The Morgan fingerprint density at radius 3 is 2.86 bits per heavy atom. The van der Waals surface area contributed by atoms with Gasteiger partial charge >= 0.3 is 0 Å². The van der Waals surface area contributed by atoms with Crippen LogP contribution < -0.4 is 0 Å². The first-order valence-electron chi connectivity index (χ1n) is 5.23. The fourth-order valence-electron chi connectivity index (χ4n) is 2.58. The van der Waals surface area contributed by atoms with Crippen LogP contribution in [-0.2, 0) is 10.3 Å². The number of hydrogen-bond acceptors (Lipinski definition) is 3. The predicted molar refractivity (Wildman–Crippen MR) is 50.5 cm³/mol. The molecule has 1 saturated carbocycles. The van der Waals surface area contributed by atoms with Crippen molar-refractivity contribution in [1.82, 2.24) is 9.97 Å². The van der Waals surface area contributed by atoms with Crippen LogP contribution in [0.3, 0.4) is 0 Å². The van der Waals surface area contributed by atoms with Gasteiger partial charge in [0.1, 0.15) is 5.60 Å². The van der Waals surface area contributed by atoms with Crippen LogP contribution in [0.1, 0.15) is 31.4 Å². The number of aromatic nitrogens is 2. The van der Waals surface area contributed by atoms with E-state index in [1.54, 1.807) is 6.20 Å². The van der Waals surface area contributed by atoms with Gasteiger partial charge in [0.15, 0.2) is 6.33 Å². The second kappa shape index (κ2) is 3.02. The molecule has 1 aliphatic carbocycles. The van der Waals surface area contributed by atoms with Crippen LogP contribution in [0.2, 0.25) is 0 Å². The van der Waals surface area contributed by atoms with Crippen LogP contribution in [0.15, 0.2) is 12.3 Å². The Morgan fingerprint density at radius 1 is 1.43 bits per heavy atom. The molecule has 3 fully saturated rings. The normalized spacial score (nSPS) is 35.9. The van der Waals surface area contributed by atoms with Gasteiger partial charge < -0.3 is 4.74 Å². The molecule has 73 valence electrons. The van der Waals surface area contributed by atoms with Crippen molar-refractivity contribution < 1.29 is 4.74 Å². The average Bonchev–Trinajstić information content (AvgIpc) is 2.33. The molecule has 0 aromatic carbocycles. The highest BCUT2D eigenvalue weighted by molar-refractivity contribution is 5.13. The predicted octanol–water partition coefficient (Wildman–Crippen LogP) is 1.69. The minimum Gasteiger partial charge on any atom is -0.368 e. The molecule has 0 spiro atoms. The van der Waals surface area contributed by atoms with E-state index in [-0.39, 0.29) is 5.60 Å². The molecule has 0 unspecified atom stereocenters. The van der Waals surface area contributed by atoms with Gasteiger partial charge in [0.25, 0.3) is 0 Å². The Labute approximate surface area is 83.5 Å². The maximum absolute atomic E-state index is 5.94. The van der Waals surface area contributed by atoms with Crippen LogP contribution >= 0.6 is 0 Å². The molecule has 1 radical (unpaired) electrons. The summed E-state index contributed by atoms with van der Waals surface area (Å²) in [6.45, 7) is 0.907. The van der Waals surface area contributed by atoms with Crippen LogP contribution in [-0.4, -0.2) is 16.6 Å². The molecule has 1 aromatic heterocycles. The maximum Gasteiger partial charge on any atom is 0.198 e. The zero-order valence-electron chi connectivity index (χ0n) is 8.07. The summed E-state index contributed by atoms with van der Waals surface area (Å²) in [5.41, 5.74) is 0.916. The highest BCUT2D eigenvalue weighted by Crippen LogP contribution is 2.46. The minimum absolute atomic E-state index is 0.103. The molecule has 3 heterocycles. The van der Waals surface area contributed by atoms with E-state index < -0.39 is 0 Å². The standard InChI is InChI=1S/C11H13N2O/c1-4-11(5-2-9(1)7-14-11)10-3-6-12-8-13-10/h3,6,9H,1-2,4-5,7H2. The van der Waals surface area contributed by atoms with E-state index in [4.69, 9.17) is 4.74 Å². The molecular weight excluding hydrogens is 176 g/mol. The molecular formula is C11H13N2O. The van der Waals surface area contributed by atoms with Crippen molar-refractivity contribution in [3.05, 3.63) is 24.3 Å². The van der Waals surface area contributed by atoms with E-state index in [1.807, 2.05) is 6.07 Å². The molecule has 14 heavy (non-hydrogen) atoms. The molecule has 2 saturated heterocycles. The Balaban J connectivity index is 1.96. The van der Waals surface area contributed by atoms with Crippen molar-refractivity contribution in [2.75, 3.05) is 6.61 Å². The van der Waals surface area contributed by atoms with E-state index in [9.17, 15) is 0 Å². The van der Waals surface area contributed by atoms with Gasteiger partial charge in [-0.3, -0.25) is 0 Å². The summed E-state index contributed by atoms with van der Waals surface area (Å²) in [6.07, 6.45) is 9.20. The van der Waals surface area contributed by atoms with E-state index in [2.05, 4.69) is 16.3 Å². The molecule has 3 heteroatoms. The lowest BCUT2D eigenvalue weighted by molar-refractivity contribution is -0.152. The summed E-state index contributed by atoms with van der Waals surface area (Å²) < 4.78 is 5.94. The molecule has 3 nitrogen and oxygen atoms in total. The van der Waals surface area contributed by atoms with Crippen molar-refractivity contribution in [2.24, 2.45) is 5.92 Å². The summed E-state index contributed by atoms with van der Waals surface area (Å²) in [5.74, 6) is 0.794. The van der Waals surface area contributed by atoms with E-state index in [0.717, 1.165) is 31.1 Å². The second-order valence-electron chi connectivity index (χ2n) is 4.29. The highest BCUT2D eigenvalue weighted by atomic mass is 16.5. The number of ether oxygens (including phenoxy) is 1. The summed E-state index contributed by atoms with van der Waals surface area (Å²) in [6, 6.07) is 1.96. The van der Waals surface area contributed by atoms with Crippen molar-refractivity contribution in [3.63, 3.8) is 0 Å². The summed E-state index contributed by atoms with van der Waals surface area (Å²) in [7, 11) is 0. The molecule has 3 aliphatic rings. The van der Waals surface area contributed by atoms with Crippen molar-refractivity contribution >= 4 is 0 Å². The molecule has 0 N–H and O–H groups in total. The Hall–Kier alpha value is -0.960. The third-order valence-electron chi connectivity index (χ3n) is 3.51. The summed E-state index contributed by atoms with van der Waals surface area (Å²) in [4.78, 5) is 8.04. The zero-order valence-corrected chi connectivity index (χ0v) is 8.07. The van der Waals surface area contributed by atoms with Crippen molar-refractivity contribution in [2.45, 2.75) is 31.3 Å². The fourth-order valence-corrected chi connectivity index (χ4v) is 2.58. The Kier molecular flexibility index (Phi) is 1.80. The number of fused-ring (bicyclic) bond motifs is 3. The van der Waals surface area contributed by atoms with Gasteiger partial charge in [0.05, 0.1) is 12.3 Å². The third kappa shape index (κ3) is 1.16. The minimum atomic E-state index is -0.103. The van der Waals surface area contributed by atoms with Gasteiger partial charge in [0.2, 0.25) is 0 Å². The van der Waals surface area contributed by atoms with Gasteiger partial charge in [-0.1, -0.05) is 0 Å². The average molecular weight is 189 g/mol. The molecule has 0 amide bonds. The van der Waals surface area contributed by atoms with Crippen LogP contribution in [0.5, 0.6) is 0 Å². The van der Waals surface area contributed by atoms with E-state index in [0.29, 0.717) is 0 Å². The van der Waals surface area contributed by atoms with Gasteiger partial charge in [-0.2, -0.15) is 0 Å². The molecule has 4 rings (SSSR count). The topological polar surface area (TPSA) is 35.0 Å². The first-order chi connectivity index (χ1) is 6.89. The van der Waals surface area contributed by atoms with Gasteiger partial charge in [-0.25, -0.2) is 9.97 Å². The molecule has 0 atom stereocenters. The van der Waals surface area contributed by atoms with Crippen LogP contribution in [0, 0.1) is 12.2 Å². The molecule has 2 bridgehead atoms. The summed E-state index contributed by atoms with van der Waals surface area (Å²) >= 11 is 0. The summed E-state index contributed by atoms with van der Waals surface area (Å²) in [5, 5.41) is 0. The quantitative estimate of drug-likeness (QED) is 0.674. The maximum atomic E-state index is 5.94. The zero-order chi connectivity index (χ0) is 9.43. The number of nitrogens with zero attached hydrogens (tertiary/aromatic N) is 2.